The van der Waals surface area contributed by atoms with Gasteiger partial charge in [-0.2, -0.15) is 4.98 Å². The first kappa shape index (κ1) is 11.2. The minimum atomic E-state index is -0.373. The number of oxazole rings is 1. The summed E-state index contributed by atoms with van der Waals surface area (Å²) in [5.41, 5.74) is 1.75. The van der Waals surface area contributed by atoms with Gasteiger partial charge in [0.1, 0.15) is 12.0 Å². The number of carbonyl (C=O) groups excluding carboxylic acids is 1. The minimum absolute atomic E-state index is 0.0845. The lowest BCUT2D eigenvalue weighted by Gasteiger charge is -2.03. The maximum Gasteiger partial charge on any atom is 0.301 e. The number of amides is 1. The van der Waals surface area contributed by atoms with Gasteiger partial charge in [-0.1, -0.05) is 6.07 Å². The van der Waals surface area contributed by atoms with Crippen molar-refractivity contribution >= 4 is 11.9 Å². The summed E-state index contributed by atoms with van der Waals surface area (Å²) in [5.74, 6) is -0.289. The number of rotatable bonds is 2. The summed E-state index contributed by atoms with van der Waals surface area (Å²) in [6.45, 7) is 3.52. The second-order valence-electron chi connectivity index (χ2n) is 3.75. The van der Waals surface area contributed by atoms with Crippen LogP contribution in [0.15, 0.2) is 28.9 Å². The molecule has 0 saturated carbocycles. The average molecular weight is 232 g/mol. The SMILES string of the molecule is Cc1coc(NC(=O)c2ccc(C)c(O)c2)n1. The van der Waals surface area contributed by atoms with Gasteiger partial charge in [-0.15, -0.1) is 0 Å². The predicted octanol–water partition coefficient (Wildman–Crippen LogP) is 2.25. The number of nitrogens with one attached hydrogen (secondary N) is 1. The number of benzene rings is 1. The Kier molecular flexibility index (Phi) is 2.82. The first-order valence-electron chi connectivity index (χ1n) is 5.09. The first-order chi connectivity index (χ1) is 8.06. The standard InChI is InChI=1S/C12H12N2O3/c1-7-3-4-9(5-10(7)15)11(16)14-12-13-8(2)6-17-12/h3-6,15H,1-2H3,(H,13,14,16). The number of aryl methyl sites for hydroxylation is 2. The van der Waals surface area contributed by atoms with Crippen LogP contribution < -0.4 is 5.32 Å². The molecule has 2 N–H and O–H groups in total. The highest BCUT2D eigenvalue weighted by atomic mass is 16.4. The summed E-state index contributed by atoms with van der Waals surface area (Å²) in [6.07, 6.45) is 1.45. The number of hydrogen-bond acceptors (Lipinski definition) is 4. The Bertz CT molecular complexity index is 561. The Morgan fingerprint density at radius 2 is 2.18 bits per heavy atom. The van der Waals surface area contributed by atoms with Crippen LogP contribution in [0.1, 0.15) is 21.6 Å². The third-order valence-corrected chi connectivity index (χ3v) is 2.31. The molecule has 1 heterocycles. The third kappa shape index (κ3) is 2.44. The monoisotopic (exact) mass is 232 g/mol. The molecule has 0 radical (unpaired) electrons. The molecule has 0 fully saturated rings. The molecule has 0 unspecified atom stereocenters. The lowest BCUT2D eigenvalue weighted by atomic mass is 10.1. The Labute approximate surface area is 98.1 Å². The molecular formula is C12H12N2O3. The molecule has 88 valence electrons. The van der Waals surface area contributed by atoms with Crippen LogP contribution in [0, 0.1) is 13.8 Å². The molecule has 0 aliphatic carbocycles. The lowest BCUT2D eigenvalue weighted by Crippen LogP contribution is -2.12. The predicted molar refractivity (Wildman–Crippen MR) is 62.0 cm³/mol. The zero-order valence-electron chi connectivity index (χ0n) is 9.52. The molecule has 5 nitrogen and oxygen atoms in total. The van der Waals surface area contributed by atoms with Crippen LogP contribution in [0.4, 0.5) is 6.01 Å². The summed E-state index contributed by atoms with van der Waals surface area (Å²) < 4.78 is 5.00. The lowest BCUT2D eigenvalue weighted by molar-refractivity contribution is 0.102. The molecule has 5 heteroatoms. The minimum Gasteiger partial charge on any atom is -0.508 e. The van der Waals surface area contributed by atoms with Crippen molar-refractivity contribution in [1.82, 2.24) is 4.98 Å². The molecule has 0 atom stereocenters. The van der Waals surface area contributed by atoms with E-state index in [1.54, 1.807) is 26.0 Å². The van der Waals surface area contributed by atoms with Crippen LogP contribution in [-0.4, -0.2) is 16.0 Å². The number of aromatic hydroxyl groups is 1. The van der Waals surface area contributed by atoms with Crippen LogP contribution in [-0.2, 0) is 0 Å². The van der Waals surface area contributed by atoms with E-state index in [1.807, 2.05) is 0 Å². The Balaban J connectivity index is 2.17. The van der Waals surface area contributed by atoms with Gasteiger partial charge in [0.15, 0.2) is 0 Å². The van der Waals surface area contributed by atoms with Crippen molar-refractivity contribution in [1.29, 1.82) is 0 Å². The van der Waals surface area contributed by atoms with Crippen molar-refractivity contribution in [2.24, 2.45) is 0 Å². The molecule has 1 aromatic heterocycles. The molecule has 1 amide bonds. The van der Waals surface area contributed by atoms with Crippen molar-refractivity contribution in [3.63, 3.8) is 0 Å². The Hall–Kier alpha value is -2.30. The number of aromatic nitrogens is 1. The number of hydrogen-bond donors (Lipinski definition) is 2. The summed E-state index contributed by atoms with van der Waals surface area (Å²) in [4.78, 5) is 15.7. The zero-order valence-corrected chi connectivity index (χ0v) is 9.52. The maximum absolute atomic E-state index is 11.8. The fraction of sp³-hybridized carbons (Fsp3) is 0.167. The molecule has 0 aliphatic rings. The van der Waals surface area contributed by atoms with Crippen molar-refractivity contribution in [2.75, 3.05) is 5.32 Å². The maximum atomic E-state index is 11.8. The summed E-state index contributed by atoms with van der Waals surface area (Å²) >= 11 is 0. The van der Waals surface area contributed by atoms with Crippen LogP contribution in [0.3, 0.4) is 0 Å². The highest BCUT2D eigenvalue weighted by molar-refractivity contribution is 6.03. The number of anilines is 1. The fourth-order valence-corrected chi connectivity index (χ4v) is 1.33. The molecular weight excluding hydrogens is 220 g/mol. The molecule has 2 aromatic rings. The molecule has 17 heavy (non-hydrogen) atoms. The molecule has 0 spiro atoms. The molecule has 2 rings (SSSR count). The summed E-state index contributed by atoms with van der Waals surface area (Å²) in [6, 6.07) is 4.85. The molecule has 0 bridgehead atoms. The Morgan fingerprint density at radius 3 is 2.76 bits per heavy atom. The van der Waals surface area contributed by atoms with Crippen LogP contribution in [0.25, 0.3) is 0 Å². The summed E-state index contributed by atoms with van der Waals surface area (Å²) in [7, 11) is 0. The highest BCUT2D eigenvalue weighted by Crippen LogP contribution is 2.18. The van der Waals surface area contributed by atoms with E-state index in [0.29, 0.717) is 16.8 Å². The quantitative estimate of drug-likeness (QED) is 0.832. The number of phenolic OH excluding ortho intramolecular Hbond substituents is 1. The average Bonchev–Trinajstić information content (AvgIpc) is 2.68. The van der Waals surface area contributed by atoms with Gasteiger partial charge in [0.05, 0.1) is 5.69 Å². The summed E-state index contributed by atoms with van der Waals surface area (Å²) in [5, 5.41) is 12.0. The van der Waals surface area contributed by atoms with E-state index in [9.17, 15) is 9.90 Å². The van der Waals surface area contributed by atoms with Gasteiger partial charge < -0.3 is 9.52 Å². The van der Waals surface area contributed by atoms with E-state index in [1.165, 1.54) is 12.3 Å². The fourth-order valence-electron chi connectivity index (χ4n) is 1.33. The van der Waals surface area contributed by atoms with Gasteiger partial charge in [-0.05, 0) is 31.5 Å². The smallest absolute Gasteiger partial charge is 0.301 e. The van der Waals surface area contributed by atoms with Gasteiger partial charge in [0.2, 0.25) is 0 Å². The van der Waals surface area contributed by atoms with Crippen LogP contribution >= 0.6 is 0 Å². The van der Waals surface area contributed by atoms with Crippen molar-refractivity contribution < 1.29 is 14.3 Å². The highest BCUT2D eigenvalue weighted by Gasteiger charge is 2.10. The first-order valence-corrected chi connectivity index (χ1v) is 5.09. The van der Waals surface area contributed by atoms with Gasteiger partial charge in [0, 0.05) is 5.56 Å². The largest absolute Gasteiger partial charge is 0.508 e. The van der Waals surface area contributed by atoms with E-state index < -0.39 is 0 Å². The third-order valence-electron chi connectivity index (χ3n) is 2.31. The molecule has 0 saturated heterocycles. The Morgan fingerprint density at radius 1 is 1.41 bits per heavy atom. The topological polar surface area (TPSA) is 75.4 Å². The van der Waals surface area contributed by atoms with Gasteiger partial charge in [-0.25, -0.2) is 0 Å². The van der Waals surface area contributed by atoms with Crippen molar-refractivity contribution in [3.05, 3.63) is 41.3 Å². The second kappa shape index (κ2) is 4.29. The van der Waals surface area contributed by atoms with Gasteiger partial charge >= 0.3 is 6.01 Å². The van der Waals surface area contributed by atoms with E-state index >= 15 is 0 Å². The van der Waals surface area contributed by atoms with Crippen molar-refractivity contribution in [2.45, 2.75) is 13.8 Å². The van der Waals surface area contributed by atoms with Crippen LogP contribution in [0.5, 0.6) is 5.75 Å². The zero-order chi connectivity index (χ0) is 12.4. The van der Waals surface area contributed by atoms with E-state index in [2.05, 4.69) is 10.3 Å². The van der Waals surface area contributed by atoms with Crippen LogP contribution in [0.2, 0.25) is 0 Å². The van der Waals surface area contributed by atoms with E-state index in [-0.39, 0.29) is 17.7 Å². The second-order valence-corrected chi connectivity index (χ2v) is 3.75. The normalized spacial score (nSPS) is 10.2. The van der Waals surface area contributed by atoms with E-state index in [0.717, 1.165) is 0 Å². The molecule has 1 aromatic carbocycles. The van der Waals surface area contributed by atoms with Gasteiger partial charge in [0.25, 0.3) is 5.91 Å². The number of carbonyl (C=O) groups is 1. The van der Waals surface area contributed by atoms with E-state index in [4.69, 9.17) is 4.42 Å². The van der Waals surface area contributed by atoms with Crippen molar-refractivity contribution in [3.8, 4) is 5.75 Å². The number of phenols is 1. The van der Waals surface area contributed by atoms with Gasteiger partial charge in [-0.3, -0.25) is 10.1 Å². The molecule has 0 aliphatic heterocycles. The number of nitrogens with zero attached hydrogens (tertiary/aromatic N) is 1.